The quantitative estimate of drug-likeness (QED) is 0.851. The Bertz CT molecular complexity index is 439. The maximum absolute atomic E-state index is 12.4. The average molecular weight is 245 g/mol. The zero-order valence-corrected chi connectivity index (χ0v) is 8.91. The van der Waals surface area contributed by atoms with Crippen molar-refractivity contribution in [1.82, 2.24) is 4.98 Å². The van der Waals surface area contributed by atoms with Gasteiger partial charge in [0.1, 0.15) is 17.6 Å². The summed E-state index contributed by atoms with van der Waals surface area (Å²) >= 11 is 0. The first-order valence-corrected chi connectivity index (χ1v) is 4.74. The zero-order valence-electron chi connectivity index (χ0n) is 8.91. The van der Waals surface area contributed by atoms with E-state index in [0.29, 0.717) is 0 Å². The highest BCUT2D eigenvalue weighted by molar-refractivity contribution is 5.53. The number of nitrogens with zero attached hydrogens (tertiary/aromatic N) is 2. The van der Waals surface area contributed by atoms with E-state index < -0.39 is 17.9 Å². The summed E-state index contributed by atoms with van der Waals surface area (Å²) in [6, 6.07) is 3.03. The molecule has 17 heavy (non-hydrogen) atoms. The molecule has 0 radical (unpaired) electrons. The normalized spacial score (nSPS) is 12.9. The minimum absolute atomic E-state index is 0.00157. The molecule has 0 amide bonds. The molecule has 0 unspecified atom stereocenters. The van der Waals surface area contributed by atoms with Crippen LogP contribution >= 0.6 is 0 Å². The molecule has 1 rings (SSSR count). The highest BCUT2D eigenvalue weighted by Gasteiger charge is 2.33. The Morgan fingerprint density at radius 2 is 2.18 bits per heavy atom. The van der Waals surface area contributed by atoms with Crippen LogP contribution in [-0.2, 0) is 6.18 Å². The van der Waals surface area contributed by atoms with Crippen molar-refractivity contribution in [3.05, 3.63) is 23.4 Å². The van der Waals surface area contributed by atoms with Crippen LogP contribution in [0.3, 0.4) is 0 Å². The largest absolute Gasteiger partial charge is 0.433 e. The molecule has 0 aromatic carbocycles. The summed E-state index contributed by atoms with van der Waals surface area (Å²) in [6.45, 7) is 1.28. The Labute approximate surface area is 95.7 Å². The molecule has 0 fully saturated rings. The van der Waals surface area contributed by atoms with Gasteiger partial charge in [-0.05, 0) is 19.1 Å². The standard InChI is InChI=1S/C10H10F3N3O/c1-6(5-17)15-9-7(4-14)2-3-8(16-9)10(11,12)13/h2-3,6,17H,5H2,1H3,(H,15,16)/t6-/m1/s1. The van der Waals surface area contributed by atoms with Gasteiger partial charge in [-0.25, -0.2) is 4.98 Å². The van der Waals surface area contributed by atoms with Crippen LogP contribution in [0.2, 0.25) is 0 Å². The van der Waals surface area contributed by atoms with Gasteiger partial charge in [-0.1, -0.05) is 0 Å². The zero-order chi connectivity index (χ0) is 13.1. The summed E-state index contributed by atoms with van der Waals surface area (Å²) in [5.41, 5.74) is -1.08. The van der Waals surface area contributed by atoms with Gasteiger partial charge < -0.3 is 10.4 Å². The second-order valence-electron chi connectivity index (χ2n) is 3.43. The number of aliphatic hydroxyl groups excluding tert-OH is 1. The molecule has 1 atom stereocenters. The monoisotopic (exact) mass is 245 g/mol. The fraction of sp³-hybridized carbons (Fsp3) is 0.400. The summed E-state index contributed by atoms with van der Waals surface area (Å²) < 4.78 is 37.2. The van der Waals surface area contributed by atoms with Gasteiger partial charge in [0, 0.05) is 6.04 Å². The summed E-state index contributed by atoms with van der Waals surface area (Å²) in [6.07, 6.45) is -4.56. The lowest BCUT2D eigenvalue weighted by Gasteiger charge is -2.14. The van der Waals surface area contributed by atoms with Gasteiger partial charge in [-0.2, -0.15) is 18.4 Å². The van der Waals surface area contributed by atoms with E-state index in [9.17, 15) is 13.2 Å². The number of nitrogens with one attached hydrogen (secondary N) is 1. The van der Waals surface area contributed by atoms with Gasteiger partial charge in [0.15, 0.2) is 0 Å². The minimum Gasteiger partial charge on any atom is -0.394 e. The maximum atomic E-state index is 12.4. The molecule has 0 aliphatic heterocycles. The van der Waals surface area contributed by atoms with Crippen LogP contribution in [0.25, 0.3) is 0 Å². The number of aliphatic hydroxyl groups is 1. The number of aromatic nitrogens is 1. The van der Waals surface area contributed by atoms with Crippen LogP contribution < -0.4 is 5.32 Å². The minimum atomic E-state index is -4.56. The predicted octanol–water partition coefficient (Wildman–Crippen LogP) is 1.76. The summed E-state index contributed by atoms with van der Waals surface area (Å²) in [5.74, 6) is -0.177. The van der Waals surface area contributed by atoms with E-state index in [2.05, 4.69) is 10.3 Å². The topological polar surface area (TPSA) is 68.9 Å². The van der Waals surface area contributed by atoms with E-state index >= 15 is 0 Å². The number of nitriles is 1. The van der Waals surface area contributed by atoms with Crippen LogP contribution in [0.1, 0.15) is 18.2 Å². The molecule has 0 aliphatic rings. The molecule has 0 spiro atoms. The molecule has 0 saturated heterocycles. The van der Waals surface area contributed by atoms with Crippen molar-refractivity contribution in [2.45, 2.75) is 19.1 Å². The van der Waals surface area contributed by atoms with Gasteiger partial charge in [0.25, 0.3) is 0 Å². The molecule has 4 nitrogen and oxygen atoms in total. The molecular formula is C10H10F3N3O. The lowest BCUT2D eigenvalue weighted by atomic mass is 10.2. The van der Waals surface area contributed by atoms with E-state index in [4.69, 9.17) is 10.4 Å². The number of rotatable bonds is 3. The highest BCUT2D eigenvalue weighted by atomic mass is 19.4. The third-order valence-electron chi connectivity index (χ3n) is 1.96. The number of halogens is 3. The summed E-state index contributed by atoms with van der Waals surface area (Å²) in [5, 5.41) is 20.1. The van der Waals surface area contributed by atoms with Crippen LogP contribution in [0, 0.1) is 11.3 Å². The lowest BCUT2D eigenvalue weighted by Crippen LogP contribution is -2.22. The van der Waals surface area contributed by atoms with Crippen LogP contribution in [0.4, 0.5) is 19.0 Å². The van der Waals surface area contributed by atoms with Gasteiger partial charge in [-0.3, -0.25) is 0 Å². The second kappa shape index (κ2) is 5.01. The first-order valence-electron chi connectivity index (χ1n) is 4.74. The molecule has 0 bridgehead atoms. The van der Waals surface area contributed by atoms with Crippen molar-refractivity contribution in [3.8, 4) is 6.07 Å². The number of pyridine rings is 1. The smallest absolute Gasteiger partial charge is 0.394 e. The molecular weight excluding hydrogens is 235 g/mol. The van der Waals surface area contributed by atoms with E-state index in [1.807, 2.05) is 0 Å². The number of anilines is 1. The molecule has 92 valence electrons. The molecule has 0 saturated carbocycles. The lowest BCUT2D eigenvalue weighted by molar-refractivity contribution is -0.141. The maximum Gasteiger partial charge on any atom is 0.433 e. The number of alkyl halides is 3. The van der Waals surface area contributed by atoms with E-state index in [1.54, 1.807) is 13.0 Å². The Kier molecular flexibility index (Phi) is 3.91. The fourth-order valence-corrected chi connectivity index (χ4v) is 1.10. The van der Waals surface area contributed by atoms with Crippen molar-refractivity contribution < 1.29 is 18.3 Å². The van der Waals surface area contributed by atoms with Gasteiger partial charge in [0.2, 0.25) is 0 Å². The number of hydrogen-bond acceptors (Lipinski definition) is 4. The Hall–Kier alpha value is -1.81. The third kappa shape index (κ3) is 3.32. The molecule has 1 aromatic rings. The van der Waals surface area contributed by atoms with Gasteiger partial charge in [0.05, 0.1) is 12.2 Å². The molecule has 1 aromatic heterocycles. The predicted molar refractivity (Wildman–Crippen MR) is 54.1 cm³/mol. The van der Waals surface area contributed by atoms with Crippen molar-refractivity contribution >= 4 is 5.82 Å². The molecule has 1 heterocycles. The molecule has 2 N–H and O–H groups in total. The van der Waals surface area contributed by atoms with Crippen molar-refractivity contribution in [3.63, 3.8) is 0 Å². The Morgan fingerprint density at radius 1 is 1.53 bits per heavy atom. The third-order valence-corrected chi connectivity index (χ3v) is 1.96. The van der Waals surface area contributed by atoms with Crippen molar-refractivity contribution in [2.24, 2.45) is 0 Å². The van der Waals surface area contributed by atoms with Crippen LogP contribution in [0.5, 0.6) is 0 Å². The van der Waals surface area contributed by atoms with Crippen molar-refractivity contribution in [1.29, 1.82) is 5.26 Å². The van der Waals surface area contributed by atoms with E-state index in [0.717, 1.165) is 12.1 Å². The Balaban J connectivity index is 3.12. The van der Waals surface area contributed by atoms with Gasteiger partial charge in [-0.15, -0.1) is 0 Å². The van der Waals surface area contributed by atoms with E-state index in [-0.39, 0.29) is 18.0 Å². The summed E-state index contributed by atoms with van der Waals surface area (Å²) in [7, 11) is 0. The number of hydrogen-bond donors (Lipinski definition) is 2. The first kappa shape index (κ1) is 13.3. The van der Waals surface area contributed by atoms with Gasteiger partial charge >= 0.3 is 6.18 Å². The first-order chi connectivity index (χ1) is 7.88. The van der Waals surface area contributed by atoms with Crippen molar-refractivity contribution in [2.75, 3.05) is 11.9 Å². The fourth-order valence-electron chi connectivity index (χ4n) is 1.10. The average Bonchev–Trinajstić information content (AvgIpc) is 2.27. The molecule has 0 aliphatic carbocycles. The van der Waals surface area contributed by atoms with E-state index in [1.165, 1.54) is 0 Å². The summed E-state index contributed by atoms with van der Waals surface area (Å²) in [4.78, 5) is 3.33. The Morgan fingerprint density at radius 3 is 2.65 bits per heavy atom. The van der Waals surface area contributed by atoms with Crippen LogP contribution in [-0.4, -0.2) is 22.7 Å². The van der Waals surface area contributed by atoms with Crippen LogP contribution in [0.15, 0.2) is 12.1 Å². The highest BCUT2D eigenvalue weighted by Crippen LogP contribution is 2.29. The molecule has 7 heteroatoms. The SMILES string of the molecule is C[C@H](CO)Nc1nc(C(F)(F)F)ccc1C#N. The second-order valence-corrected chi connectivity index (χ2v) is 3.43.